The Hall–Kier alpha value is -2.35. The second kappa shape index (κ2) is 7.34. The summed E-state index contributed by atoms with van der Waals surface area (Å²) in [5.41, 5.74) is 0.461. The summed E-state index contributed by atoms with van der Waals surface area (Å²) in [5, 5.41) is 1.96. The fourth-order valence-electron chi connectivity index (χ4n) is 3.14. The Morgan fingerprint density at radius 1 is 1.33 bits per heavy atom. The highest BCUT2D eigenvalue weighted by Crippen LogP contribution is 2.33. The highest BCUT2D eigenvalue weighted by molar-refractivity contribution is 7.10. The molecule has 2 amide bonds. The highest BCUT2D eigenvalue weighted by atomic mass is 32.1. The van der Waals surface area contributed by atoms with Crippen LogP contribution in [0.15, 0.2) is 35.7 Å². The van der Waals surface area contributed by atoms with Crippen LogP contribution in [0.4, 0.5) is 18.9 Å². The van der Waals surface area contributed by atoms with Crippen molar-refractivity contribution < 1.29 is 22.8 Å². The molecule has 0 N–H and O–H groups in total. The molecule has 4 nitrogen and oxygen atoms in total. The summed E-state index contributed by atoms with van der Waals surface area (Å²) >= 11 is 1.56. The molecule has 1 aromatic carbocycles. The molecule has 1 aliphatic heterocycles. The van der Waals surface area contributed by atoms with Gasteiger partial charge in [0.1, 0.15) is 0 Å². The van der Waals surface area contributed by atoms with Gasteiger partial charge in [0.05, 0.1) is 18.0 Å². The van der Waals surface area contributed by atoms with Gasteiger partial charge < -0.3 is 9.80 Å². The van der Waals surface area contributed by atoms with Gasteiger partial charge in [0, 0.05) is 30.6 Å². The summed E-state index contributed by atoms with van der Waals surface area (Å²) in [4.78, 5) is 28.9. The monoisotopic (exact) mass is 396 g/mol. The van der Waals surface area contributed by atoms with Crippen LogP contribution in [-0.2, 0) is 22.3 Å². The number of carbonyl (C=O) groups is 2. The summed E-state index contributed by atoms with van der Waals surface area (Å²) < 4.78 is 38.7. The number of thiophene rings is 1. The van der Waals surface area contributed by atoms with Gasteiger partial charge in [0.25, 0.3) is 0 Å². The Kier molecular flexibility index (Phi) is 5.28. The van der Waals surface area contributed by atoms with Crippen LogP contribution < -0.4 is 4.90 Å². The van der Waals surface area contributed by atoms with E-state index >= 15 is 0 Å². The van der Waals surface area contributed by atoms with E-state index in [1.54, 1.807) is 23.3 Å². The number of benzene rings is 1. The molecule has 1 fully saturated rings. The number of nitrogens with zero attached hydrogens (tertiary/aromatic N) is 2. The van der Waals surface area contributed by atoms with Gasteiger partial charge in [0.15, 0.2) is 0 Å². The molecule has 1 atom stereocenters. The molecule has 1 aromatic heterocycles. The normalized spacial score (nSPS) is 17.4. The largest absolute Gasteiger partial charge is 0.416 e. The van der Waals surface area contributed by atoms with Crippen molar-refractivity contribution in [2.24, 2.45) is 5.92 Å². The smallest absolute Gasteiger partial charge is 0.340 e. The third kappa shape index (κ3) is 4.16. The number of amides is 2. The lowest BCUT2D eigenvalue weighted by Gasteiger charge is -2.22. The van der Waals surface area contributed by atoms with Crippen LogP contribution in [0, 0.1) is 12.8 Å². The van der Waals surface area contributed by atoms with Gasteiger partial charge in [-0.2, -0.15) is 13.2 Å². The maximum atomic E-state index is 12.9. The van der Waals surface area contributed by atoms with Gasteiger partial charge in [-0.25, -0.2) is 0 Å². The van der Waals surface area contributed by atoms with E-state index in [2.05, 4.69) is 0 Å². The maximum absolute atomic E-state index is 12.9. The van der Waals surface area contributed by atoms with Crippen LogP contribution in [0.3, 0.4) is 0 Å². The van der Waals surface area contributed by atoms with Crippen molar-refractivity contribution in [1.82, 2.24) is 4.90 Å². The SMILES string of the molecule is Cc1ccsc1CN(C)C(=O)[C@H]1CC(=O)N(c2cccc(C(F)(F)F)c2)C1. The van der Waals surface area contributed by atoms with Gasteiger partial charge in [0.2, 0.25) is 11.8 Å². The lowest BCUT2D eigenvalue weighted by atomic mass is 10.1. The molecule has 8 heteroatoms. The third-order valence-electron chi connectivity index (χ3n) is 4.68. The molecule has 3 rings (SSSR count). The quantitative estimate of drug-likeness (QED) is 0.781. The Bertz CT molecular complexity index is 863. The van der Waals surface area contributed by atoms with Crippen molar-refractivity contribution in [1.29, 1.82) is 0 Å². The number of anilines is 1. The van der Waals surface area contributed by atoms with Crippen molar-refractivity contribution >= 4 is 28.8 Å². The molecule has 0 radical (unpaired) electrons. The molecule has 27 heavy (non-hydrogen) atoms. The van der Waals surface area contributed by atoms with Gasteiger partial charge in [-0.05, 0) is 42.1 Å². The number of hydrogen-bond donors (Lipinski definition) is 0. The number of alkyl halides is 3. The average molecular weight is 396 g/mol. The summed E-state index contributed by atoms with van der Waals surface area (Å²) in [7, 11) is 1.68. The minimum Gasteiger partial charge on any atom is -0.340 e. The van der Waals surface area contributed by atoms with Crippen LogP contribution in [-0.4, -0.2) is 30.3 Å². The molecule has 0 saturated carbocycles. The van der Waals surface area contributed by atoms with Crippen LogP contribution in [0.25, 0.3) is 0 Å². The van der Waals surface area contributed by atoms with Gasteiger partial charge in [-0.1, -0.05) is 6.07 Å². The number of aryl methyl sites for hydroxylation is 1. The predicted molar refractivity (Wildman–Crippen MR) is 97.4 cm³/mol. The Morgan fingerprint density at radius 3 is 2.70 bits per heavy atom. The molecule has 0 spiro atoms. The van der Waals surface area contributed by atoms with Gasteiger partial charge in [-0.3, -0.25) is 9.59 Å². The first kappa shape index (κ1) is 19.4. The van der Waals surface area contributed by atoms with Gasteiger partial charge in [-0.15, -0.1) is 11.3 Å². The van der Waals surface area contributed by atoms with E-state index in [-0.39, 0.29) is 30.5 Å². The zero-order chi connectivity index (χ0) is 19.8. The lowest BCUT2D eigenvalue weighted by molar-refractivity contribution is -0.137. The van der Waals surface area contributed by atoms with Gasteiger partial charge >= 0.3 is 6.18 Å². The van der Waals surface area contributed by atoms with E-state index in [1.165, 1.54) is 17.0 Å². The fraction of sp³-hybridized carbons (Fsp3) is 0.368. The molecule has 1 saturated heterocycles. The molecule has 144 valence electrons. The van der Waals surface area contributed by atoms with E-state index in [4.69, 9.17) is 0 Å². The van der Waals surface area contributed by atoms with E-state index in [0.29, 0.717) is 6.54 Å². The first-order valence-corrected chi connectivity index (χ1v) is 9.30. The second-order valence-corrected chi connectivity index (χ2v) is 7.68. The van der Waals surface area contributed by atoms with E-state index < -0.39 is 17.7 Å². The van der Waals surface area contributed by atoms with E-state index in [9.17, 15) is 22.8 Å². The molecule has 1 aliphatic rings. The van der Waals surface area contributed by atoms with Crippen molar-refractivity contribution in [2.45, 2.75) is 26.1 Å². The zero-order valence-electron chi connectivity index (χ0n) is 14.9. The van der Waals surface area contributed by atoms with Crippen LogP contribution in [0.5, 0.6) is 0 Å². The number of carbonyl (C=O) groups excluding carboxylic acids is 2. The standard InChI is InChI=1S/C19H19F3N2O2S/c1-12-6-7-27-16(12)11-23(2)18(26)13-8-17(25)24(10-13)15-5-3-4-14(9-15)19(20,21)22/h3-7,9,13H,8,10-11H2,1-2H3/t13-/m0/s1. The predicted octanol–water partition coefficient (Wildman–Crippen LogP) is 4.09. The number of halogens is 3. The highest BCUT2D eigenvalue weighted by Gasteiger charge is 2.38. The van der Waals surface area contributed by atoms with Crippen molar-refractivity contribution in [3.63, 3.8) is 0 Å². The first-order valence-electron chi connectivity index (χ1n) is 8.42. The second-order valence-electron chi connectivity index (χ2n) is 6.67. The summed E-state index contributed by atoms with van der Waals surface area (Å²) in [6, 6.07) is 6.62. The molecule has 0 unspecified atom stereocenters. The van der Waals surface area contributed by atoms with Crippen molar-refractivity contribution in [3.05, 3.63) is 51.7 Å². The molecule has 0 aliphatic carbocycles. The zero-order valence-corrected chi connectivity index (χ0v) is 15.7. The molecule has 2 aromatic rings. The number of rotatable bonds is 4. The Balaban J connectivity index is 1.71. The number of hydrogen-bond acceptors (Lipinski definition) is 3. The van der Waals surface area contributed by atoms with Crippen LogP contribution in [0.1, 0.15) is 22.4 Å². The van der Waals surface area contributed by atoms with E-state index in [0.717, 1.165) is 22.6 Å². The van der Waals surface area contributed by atoms with Crippen LogP contribution >= 0.6 is 11.3 Å². The van der Waals surface area contributed by atoms with E-state index in [1.807, 2.05) is 18.4 Å². The topological polar surface area (TPSA) is 40.6 Å². The Labute approximate surface area is 159 Å². The van der Waals surface area contributed by atoms with Crippen molar-refractivity contribution in [3.8, 4) is 0 Å². The van der Waals surface area contributed by atoms with Crippen LogP contribution in [0.2, 0.25) is 0 Å². The summed E-state index contributed by atoms with van der Waals surface area (Å²) in [5.74, 6) is -1.07. The molecular formula is C19H19F3N2O2S. The van der Waals surface area contributed by atoms with Crippen molar-refractivity contribution in [2.75, 3.05) is 18.5 Å². The molecule has 0 bridgehead atoms. The average Bonchev–Trinajstić information content (AvgIpc) is 3.19. The molecule has 2 heterocycles. The summed E-state index contributed by atoms with van der Waals surface area (Å²) in [6.07, 6.45) is -4.48. The third-order valence-corrected chi connectivity index (χ3v) is 5.69. The maximum Gasteiger partial charge on any atom is 0.416 e. The first-order chi connectivity index (χ1) is 12.7. The minimum atomic E-state index is -4.48. The summed E-state index contributed by atoms with van der Waals surface area (Å²) in [6.45, 7) is 2.52. The minimum absolute atomic E-state index is 0.00282. The lowest BCUT2D eigenvalue weighted by Crippen LogP contribution is -2.34. The molecular weight excluding hydrogens is 377 g/mol. The Morgan fingerprint density at radius 2 is 2.07 bits per heavy atom. The fourth-order valence-corrected chi connectivity index (χ4v) is 4.10.